The summed E-state index contributed by atoms with van der Waals surface area (Å²) in [5, 5.41) is 6.77. The molecule has 1 aromatic heterocycles. The molecule has 0 unspecified atom stereocenters. The molecule has 1 heterocycles. The van der Waals surface area contributed by atoms with E-state index in [0.717, 1.165) is 42.5 Å². The molecule has 0 atom stereocenters. The van der Waals surface area contributed by atoms with E-state index in [-0.39, 0.29) is 0 Å². The molecule has 108 valence electrons. The number of nitrogens with zero attached hydrogens (tertiary/aromatic N) is 2. The molecule has 0 aliphatic rings. The van der Waals surface area contributed by atoms with Crippen molar-refractivity contribution in [1.29, 1.82) is 0 Å². The molecule has 0 radical (unpaired) electrons. The van der Waals surface area contributed by atoms with Crippen molar-refractivity contribution in [3.05, 3.63) is 11.4 Å². The third kappa shape index (κ3) is 4.69. The zero-order chi connectivity index (χ0) is 14.4. The fourth-order valence-corrected chi connectivity index (χ4v) is 1.78. The van der Waals surface area contributed by atoms with Crippen LogP contribution < -0.4 is 10.6 Å². The number of hydrogen-bond acceptors (Lipinski definition) is 4. The van der Waals surface area contributed by atoms with E-state index in [1.807, 2.05) is 0 Å². The Morgan fingerprint density at radius 2 is 1.58 bits per heavy atom. The van der Waals surface area contributed by atoms with E-state index < -0.39 is 0 Å². The molecule has 4 heteroatoms. The minimum Gasteiger partial charge on any atom is -0.370 e. The molecule has 0 spiro atoms. The van der Waals surface area contributed by atoms with Gasteiger partial charge in [-0.15, -0.1) is 0 Å². The molecular weight excluding hydrogens is 236 g/mol. The van der Waals surface area contributed by atoms with E-state index in [0.29, 0.717) is 11.8 Å². The monoisotopic (exact) mass is 264 g/mol. The molecule has 0 bridgehead atoms. The molecule has 0 saturated heterocycles. The molecule has 0 aromatic carbocycles. The van der Waals surface area contributed by atoms with Crippen LogP contribution in [0.25, 0.3) is 0 Å². The smallest absolute Gasteiger partial charge is 0.135 e. The first-order valence-electron chi connectivity index (χ1n) is 7.31. The second-order valence-electron chi connectivity index (χ2n) is 5.70. The molecule has 19 heavy (non-hydrogen) atoms. The fourth-order valence-electron chi connectivity index (χ4n) is 1.78. The largest absolute Gasteiger partial charge is 0.370 e. The zero-order valence-electron chi connectivity index (χ0n) is 13.2. The van der Waals surface area contributed by atoms with E-state index >= 15 is 0 Å². The number of anilines is 2. The van der Waals surface area contributed by atoms with Gasteiger partial charge in [-0.25, -0.2) is 9.97 Å². The quantitative estimate of drug-likeness (QED) is 0.786. The summed E-state index contributed by atoms with van der Waals surface area (Å²) in [6.45, 7) is 14.7. The highest BCUT2D eigenvalue weighted by molar-refractivity contribution is 5.57. The fraction of sp³-hybridized carbons (Fsp3) is 0.733. The molecule has 0 fully saturated rings. The molecule has 0 aliphatic carbocycles. The highest BCUT2D eigenvalue weighted by atomic mass is 15.1. The van der Waals surface area contributed by atoms with Crippen molar-refractivity contribution >= 4 is 11.6 Å². The summed E-state index contributed by atoms with van der Waals surface area (Å²) < 4.78 is 0. The molecule has 0 saturated carbocycles. The van der Waals surface area contributed by atoms with E-state index in [1.54, 1.807) is 0 Å². The summed E-state index contributed by atoms with van der Waals surface area (Å²) in [6.07, 6.45) is 1.15. The average Bonchev–Trinajstić information content (AvgIpc) is 2.33. The van der Waals surface area contributed by atoms with Gasteiger partial charge in [-0.2, -0.15) is 0 Å². The van der Waals surface area contributed by atoms with Gasteiger partial charge in [-0.3, -0.25) is 0 Å². The number of nitrogens with one attached hydrogen (secondary N) is 2. The Bertz CT molecular complexity index is 399. The van der Waals surface area contributed by atoms with Crippen LogP contribution in [0.2, 0.25) is 0 Å². The van der Waals surface area contributed by atoms with Gasteiger partial charge >= 0.3 is 0 Å². The summed E-state index contributed by atoms with van der Waals surface area (Å²) in [5.74, 6) is 3.85. The molecule has 4 nitrogen and oxygen atoms in total. The number of hydrogen-bond donors (Lipinski definition) is 2. The summed E-state index contributed by atoms with van der Waals surface area (Å²) >= 11 is 0. The Kier molecular flexibility index (Phi) is 6.06. The normalized spacial score (nSPS) is 11.2. The van der Waals surface area contributed by atoms with Crippen molar-refractivity contribution in [1.82, 2.24) is 9.97 Å². The maximum atomic E-state index is 4.65. The summed E-state index contributed by atoms with van der Waals surface area (Å²) in [5.41, 5.74) is 1.11. The maximum Gasteiger partial charge on any atom is 0.135 e. The second-order valence-corrected chi connectivity index (χ2v) is 5.70. The highest BCUT2D eigenvalue weighted by Gasteiger charge is 2.12. The van der Waals surface area contributed by atoms with Gasteiger partial charge in [0.15, 0.2) is 0 Å². The number of rotatable bonds is 7. The Morgan fingerprint density at radius 1 is 1.00 bits per heavy atom. The van der Waals surface area contributed by atoms with E-state index in [1.165, 1.54) is 0 Å². The van der Waals surface area contributed by atoms with Gasteiger partial charge in [0.1, 0.15) is 17.5 Å². The first kappa shape index (κ1) is 15.7. The zero-order valence-corrected chi connectivity index (χ0v) is 13.2. The lowest BCUT2D eigenvalue weighted by molar-refractivity contribution is 0.606. The van der Waals surface area contributed by atoms with Crippen molar-refractivity contribution in [3.8, 4) is 0 Å². The van der Waals surface area contributed by atoms with Crippen LogP contribution in [0, 0.1) is 12.8 Å². The minimum atomic E-state index is 0.337. The molecular formula is C15H28N4. The van der Waals surface area contributed by atoms with Gasteiger partial charge in [0.2, 0.25) is 0 Å². The molecule has 1 rings (SSSR count). The summed E-state index contributed by atoms with van der Waals surface area (Å²) in [7, 11) is 0. The topological polar surface area (TPSA) is 49.8 Å². The van der Waals surface area contributed by atoms with Crippen LogP contribution in [0.4, 0.5) is 11.6 Å². The van der Waals surface area contributed by atoms with Crippen molar-refractivity contribution in [2.45, 2.75) is 53.9 Å². The Labute approximate surface area is 117 Å². The lowest BCUT2D eigenvalue weighted by atomic mass is 10.1. The third-order valence-electron chi connectivity index (χ3n) is 3.04. The predicted molar refractivity (Wildman–Crippen MR) is 83.0 cm³/mol. The Hall–Kier alpha value is -1.32. The lowest BCUT2D eigenvalue weighted by Gasteiger charge is -2.16. The summed E-state index contributed by atoms with van der Waals surface area (Å²) in [6, 6.07) is 0. The first-order chi connectivity index (χ1) is 8.95. The second kappa shape index (κ2) is 7.31. The van der Waals surface area contributed by atoms with Crippen LogP contribution in [0.3, 0.4) is 0 Å². The van der Waals surface area contributed by atoms with Crippen molar-refractivity contribution in [2.75, 3.05) is 23.7 Å². The van der Waals surface area contributed by atoms with Gasteiger partial charge in [-0.05, 0) is 26.2 Å². The van der Waals surface area contributed by atoms with Gasteiger partial charge in [0.05, 0.1) is 0 Å². The average molecular weight is 264 g/mol. The Balaban J connectivity index is 2.93. The van der Waals surface area contributed by atoms with Crippen LogP contribution in [0.1, 0.15) is 58.3 Å². The minimum absolute atomic E-state index is 0.337. The molecule has 0 aliphatic heterocycles. The molecule has 0 amide bonds. The molecule has 2 N–H and O–H groups in total. The van der Waals surface area contributed by atoms with Crippen LogP contribution in [0.5, 0.6) is 0 Å². The van der Waals surface area contributed by atoms with Crippen molar-refractivity contribution < 1.29 is 0 Å². The van der Waals surface area contributed by atoms with Gasteiger partial charge < -0.3 is 10.6 Å². The van der Waals surface area contributed by atoms with Crippen LogP contribution in [-0.2, 0) is 0 Å². The van der Waals surface area contributed by atoms with Crippen LogP contribution >= 0.6 is 0 Å². The van der Waals surface area contributed by atoms with Crippen molar-refractivity contribution in [2.24, 2.45) is 5.92 Å². The SMILES string of the molecule is CCNc1nc(C(C)C)nc(NCCC(C)C)c1C. The maximum absolute atomic E-state index is 4.65. The van der Waals surface area contributed by atoms with E-state index in [4.69, 9.17) is 0 Å². The standard InChI is InChI=1S/C15H28N4/c1-7-16-14-12(6)15(17-9-8-10(2)3)19-13(18-14)11(4)5/h10-11H,7-9H2,1-6H3,(H2,16,17,18,19). The Morgan fingerprint density at radius 3 is 2.05 bits per heavy atom. The van der Waals surface area contributed by atoms with Crippen LogP contribution in [0.15, 0.2) is 0 Å². The van der Waals surface area contributed by atoms with Crippen LogP contribution in [-0.4, -0.2) is 23.1 Å². The van der Waals surface area contributed by atoms with E-state index in [9.17, 15) is 0 Å². The van der Waals surface area contributed by atoms with Gasteiger partial charge in [-0.1, -0.05) is 27.7 Å². The lowest BCUT2D eigenvalue weighted by Crippen LogP contribution is -2.13. The third-order valence-corrected chi connectivity index (χ3v) is 3.04. The van der Waals surface area contributed by atoms with Crippen molar-refractivity contribution in [3.63, 3.8) is 0 Å². The predicted octanol–water partition coefficient (Wildman–Crippen LogP) is 3.80. The first-order valence-corrected chi connectivity index (χ1v) is 7.31. The molecule has 1 aromatic rings. The van der Waals surface area contributed by atoms with Gasteiger partial charge in [0.25, 0.3) is 0 Å². The highest BCUT2D eigenvalue weighted by Crippen LogP contribution is 2.23. The van der Waals surface area contributed by atoms with Gasteiger partial charge in [0, 0.05) is 24.6 Å². The summed E-state index contributed by atoms with van der Waals surface area (Å²) in [4.78, 5) is 9.25. The van der Waals surface area contributed by atoms with E-state index in [2.05, 4.69) is 62.1 Å². The number of aromatic nitrogens is 2.